The molecule has 0 spiro atoms. The highest BCUT2D eigenvalue weighted by Crippen LogP contribution is 1.94. The summed E-state index contributed by atoms with van der Waals surface area (Å²) in [5.74, 6) is 0.483. The SMILES string of the molecule is COCCNC(=O)CNc1cnccn1. The van der Waals surface area contributed by atoms with E-state index in [9.17, 15) is 4.79 Å². The van der Waals surface area contributed by atoms with Crippen LogP contribution >= 0.6 is 0 Å². The van der Waals surface area contributed by atoms with Gasteiger partial charge in [-0.3, -0.25) is 9.78 Å². The molecule has 1 amide bonds. The first-order chi connectivity index (χ1) is 7.33. The lowest BCUT2D eigenvalue weighted by molar-refractivity contribution is -0.119. The predicted molar refractivity (Wildman–Crippen MR) is 55.4 cm³/mol. The van der Waals surface area contributed by atoms with E-state index in [0.717, 1.165) is 0 Å². The van der Waals surface area contributed by atoms with Gasteiger partial charge in [0.25, 0.3) is 0 Å². The molecule has 0 aliphatic heterocycles. The van der Waals surface area contributed by atoms with Gasteiger partial charge in [-0.2, -0.15) is 0 Å². The van der Waals surface area contributed by atoms with Gasteiger partial charge in [0.05, 0.1) is 19.3 Å². The number of hydrogen-bond acceptors (Lipinski definition) is 5. The Hall–Kier alpha value is -1.69. The number of hydrogen-bond donors (Lipinski definition) is 2. The van der Waals surface area contributed by atoms with Crippen LogP contribution in [0.3, 0.4) is 0 Å². The fraction of sp³-hybridized carbons (Fsp3) is 0.444. The van der Waals surface area contributed by atoms with E-state index in [4.69, 9.17) is 4.74 Å². The summed E-state index contributed by atoms with van der Waals surface area (Å²) >= 11 is 0. The van der Waals surface area contributed by atoms with Gasteiger partial charge in [0, 0.05) is 26.0 Å². The molecule has 6 nitrogen and oxygen atoms in total. The second kappa shape index (κ2) is 6.72. The lowest BCUT2D eigenvalue weighted by atomic mass is 10.5. The fourth-order valence-electron chi connectivity index (χ4n) is 0.916. The zero-order valence-corrected chi connectivity index (χ0v) is 8.56. The molecule has 82 valence electrons. The normalized spacial score (nSPS) is 9.67. The number of carbonyl (C=O) groups is 1. The van der Waals surface area contributed by atoms with Gasteiger partial charge >= 0.3 is 0 Å². The molecule has 0 fully saturated rings. The van der Waals surface area contributed by atoms with E-state index < -0.39 is 0 Å². The second-order valence-electron chi connectivity index (χ2n) is 2.79. The van der Waals surface area contributed by atoms with Crippen molar-refractivity contribution in [3.63, 3.8) is 0 Å². The smallest absolute Gasteiger partial charge is 0.239 e. The summed E-state index contributed by atoms with van der Waals surface area (Å²) < 4.78 is 4.80. The topological polar surface area (TPSA) is 76.1 Å². The highest BCUT2D eigenvalue weighted by atomic mass is 16.5. The molecule has 0 aromatic carbocycles. The number of rotatable bonds is 6. The lowest BCUT2D eigenvalue weighted by Crippen LogP contribution is -2.32. The van der Waals surface area contributed by atoms with E-state index in [1.54, 1.807) is 25.7 Å². The third-order valence-corrected chi connectivity index (χ3v) is 1.62. The summed E-state index contributed by atoms with van der Waals surface area (Å²) in [5.41, 5.74) is 0. The van der Waals surface area contributed by atoms with Crippen molar-refractivity contribution >= 4 is 11.7 Å². The largest absolute Gasteiger partial charge is 0.383 e. The Labute approximate surface area is 88.1 Å². The third-order valence-electron chi connectivity index (χ3n) is 1.62. The number of ether oxygens (including phenoxy) is 1. The lowest BCUT2D eigenvalue weighted by Gasteiger charge is -2.05. The first-order valence-electron chi connectivity index (χ1n) is 4.58. The van der Waals surface area contributed by atoms with Crippen LogP contribution in [0.1, 0.15) is 0 Å². The molecule has 1 rings (SSSR count). The molecule has 1 aromatic rings. The van der Waals surface area contributed by atoms with Crippen molar-refractivity contribution in [2.24, 2.45) is 0 Å². The first kappa shape index (κ1) is 11.4. The molecule has 0 bridgehead atoms. The summed E-state index contributed by atoms with van der Waals surface area (Å²) in [4.78, 5) is 19.0. The average Bonchev–Trinajstić information content (AvgIpc) is 2.28. The quantitative estimate of drug-likeness (QED) is 0.628. The van der Waals surface area contributed by atoms with Crippen LogP contribution in [0, 0.1) is 0 Å². The maximum atomic E-state index is 11.2. The van der Waals surface area contributed by atoms with Crippen LogP contribution in [0.5, 0.6) is 0 Å². The summed E-state index contributed by atoms with van der Waals surface area (Å²) in [7, 11) is 1.59. The summed E-state index contributed by atoms with van der Waals surface area (Å²) in [6.45, 7) is 1.21. The minimum absolute atomic E-state index is 0.0993. The van der Waals surface area contributed by atoms with Crippen LogP contribution in [0.4, 0.5) is 5.82 Å². The van der Waals surface area contributed by atoms with Crippen LogP contribution < -0.4 is 10.6 Å². The molecule has 0 atom stereocenters. The maximum absolute atomic E-state index is 11.2. The molecule has 6 heteroatoms. The average molecular weight is 210 g/mol. The first-order valence-corrected chi connectivity index (χ1v) is 4.58. The minimum atomic E-state index is -0.0993. The highest BCUT2D eigenvalue weighted by molar-refractivity contribution is 5.80. The van der Waals surface area contributed by atoms with E-state index >= 15 is 0 Å². The second-order valence-corrected chi connectivity index (χ2v) is 2.79. The molecule has 15 heavy (non-hydrogen) atoms. The number of anilines is 1. The van der Waals surface area contributed by atoms with Crippen molar-refractivity contribution in [2.75, 3.05) is 32.1 Å². The van der Waals surface area contributed by atoms with Gasteiger partial charge in [-0.25, -0.2) is 4.98 Å². The van der Waals surface area contributed by atoms with Gasteiger partial charge in [0.1, 0.15) is 5.82 Å². The summed E-state index contributed by atoms with van der Waals surface area (Å²) in [5, 5.41) is 5.52. The number of aromatic nitrogens is 2. The van der Waals surface area contributed by atoms with E-state index in [1.165, 1.54) is 0 Å². The van der Waals surface area contributed by atoms with Crippen molar-refractivity contribution < 1.29 is 9.53 Å². The van der Waals surface area contributed by atoms with E-state index in [2.05, 4.69) is 20.6 Å². The van der Waals surface area contributed by atoms with Crippen molar-refractivity contribution in [3.05, 3.63) is 18.6 Å². The van der Waals surface area contributed by atoms with Crippen LogP contribution in [-0.4, -0.2) is 42.7 Å². The summed E-state index contributed by atoms with van der Waals surface area (Å²) in [6.07, 6.45) is 4.69. The van der Waals surface area contributed by atoms with Gasteiger partial charge in [0.15, 0.2) is 0 Å². The van der Waals surface area contributed by atoms with Crippen molar-refractivity contribution in [1.29, 1.82) is 0 Å². The van der Waals surface area contributed by atoms with Crippen LogP contribution in [0.15, 0.2) is 18.6 Å². The van der Waals surface area contributed by atoms with E-state index in [1.807, 2.05) is 0 Å². The maximum Gasteiger partial charge on any atom is 0.239 e. The molecule has 0 unspecified atom stereocenters. The Balaban J connectivity index is 2.17. The summed E-state index contributed by atoms with van der Waals surface area (Å²) in [6, 6.07) is 0. The molecule has 1 aromatic heterocycles. The van der Waals surface area contributed by atoms with Crippen molar-refractivity contribution in [1.82, 2.24) is 15.3 Å². The molecular formula is C9H14N4O2. The standard InChI is InChI=1S/C9H14N4O2/c1-15-5-4-12-9(14)7-13-8-6-10-2-3-11-8/h2-3,6H,4-5,7H2,1H3,(H,11,13)(H,12,14). The Bertz CT molecular complexity index is 291. The Kier molecular flexibility index (Phi) is 5.10. The Morgan fingerprint density at radius 1 is 1.53 bits per heavy atom. The molecular weight excluding hydrogens is 196 g/mol. The van der Waals surface area contributed by atoms with Crippen molar-refractivity contribution in [2.45, 2.75) is 0 Å². The van der Waals surface area contributed by atoms with Crippen LogP contribution in [0.25, 0.3) is 0 Å². The van der Waals surface area contributed by atoms with Gasteiger partial charge in [0.2, 0.25) is 5.91 Å². The molecule has 0 aliphatic rings. The van der Waals surface area contributed by atoms with E-state index in [0.29, 0.717) is 19.0 Å². The number of methoxy groups -OCH3 is 1. The monoisotopic (exact) mass is 210 g/mol. The Morgan fingerprint density at radius 3 is 3.07 bits per heavy atom. The molecule has 0 aliphatic carbocycles. The van der Waals surface area contributed by atoms with E-state index in [-0.39, 0.29) is 12.5 Å². The zero-order valence-electron chi connectivity index (χ0n) is 8.56. The number of carbonyl (C=O) groups excluding carboxylic acids is 1. The highest BCUT2D eigenvalue weighted by Gasteiger charge is 1.99. The molecule has 0 radical (unpaired) electrons. The van der Waals surface area contributed by atoms with Gasteiger partial charge in [-0.05, 0) is 0 Å². The van der Waals surface area contributed by atoms with Crippen LogP contribution in [0.2, 0.25) is 0 Å². The molecule has 2 N–H and O–H groups in total. The zero-order chi connectivity index (χ0) is 10.9. The third kappa shape index (κ3) is 4.92. The number of nitrogens with zero attached hydrogens (tertiary/aromatic N) is 2. The number of nitrogens with one attached hydrogen (secondary N) is 2. The van der Waals surface area contributed by atoms with Gasteiger partial charge in [-0.1, -0.05) is 0 Å². The number of amides is 1. The van der Waals surface area contributed by atoms with Gasteiger partial charge in [-0.15, -0.1) is 0 Å². The molecule has 0 saturated carbocycles. The Morgan fingerprint density at radius 2 is 2.40 bits per heavy atom. The van der Waals surface area contributed by atoms with Crippen molar-refractivity contribution in [3.8, 4) is 0 Å². The predicted octanol–water partition coefficient (Wildman–Crippen LogP) is -0.349. The van der Waals surface area contributed by atoms with Gasteiger partial charge < -0.3 is 15.4 Å². The minimum Gasteiger partial charge on any atom is -0.383 e. The molecule has 1 heterocycles. The fourth-order valence-corrected chi connectivity index (χ4v) is 0.916. The molecule has 0 saturated heterocycles. The van der Waals surface area contributed by atoms with Crippen LogP contribution in [-0.2, 0) is 9.53 Å².